The second-order valence-corrected chi connectivity index (χ2v) is 5.06. The molecule has 0 radical (unpaired) electrons. The van der Waals surface area contributed by atoms with Crippen molar-refractivity contribution in [3.8, 4) is 0 Å². The third kappa shape index (κ3) is 2.89. The second-order valence-electron chi connectivity index (χ2n) is 5.06. The van der Waals surface area contributed by atoms with Crippen LogP contribution in [0, 0.1) is 0 Å². The van der Waals surface area contributed by atoms with Gasteiger partial charge in [0.1, 0.15) is 0 Å². The molecule has 20 heavy (non-hydrogen) atoms. The summed E-state index contributed by atoms with van der Waals surface area (Å²) < 4.78 is 0. The van der Waals surface area contributed by atoms with E-state index in [0.29, 0.717) is 6.54 Å². The molecule has 2 aromatic carbocycles. The van der Waals surface area contributed by atoms with Crippen LogP contribution >= 0.6 is 0 Å². The van der Waals surface area contributed by atoms with E-state index in [4.69, 9.17) is 0 Å². The molecule has 0 aromatic heterocycles. The fourth-order valence-electron chi connectivity index (χ4n) is 2.50. The molecule has 3 rings (SSSR count). The largest absolute Gasteiger partial charge is 0.384 e. The lowest BCUT2D eigenvalue weighted by atomic mass is 10.1. The molecule has 0 saturated heterocycles. The van der Waals surface area contributed by atoms with Gasteiger partial charge in [0.05, 0.1) is 6.54 Å². The third-order valence-electron chi connectivity index (χ3n) is 3.59. The van der Waals surface area contributed by atoms with Gasteiger partial charge in [-0.25, -0.2) is 0 Å². The summed E-state index contributed by atoms with van der Waals surface area (Å²) in [4.78, 5) is 12.2. The van der Waals surface area contributed by atoms with Crippen LogP contribution in [0.2, 0.25) is 0 Å². The highest BCUT2D eigenvalue weighted by Crippen LogP contribution is 2.23. The van der Waals surface area contributed by atoms with E-state index in [1.54, 1.807) is 0 Å². The van der Waals surface area contributed by atoms with Crippen molar-refractivity contribution in [2.75, 3.05) is 18.4 Å². The maximum Gasteiger partial charge on any atom is 0.176 e. The van der Waals surface area contributed by atoms with Crippen LogP contribution in [-0.4, -0.2) is 18.9 Å². The summed E-state index contributed by atoms with van der Waals surface area (Å²) in [5, 5.41) is 6.51. The monoisotopic (exact) mass is 266 g/mol. The van der Waals surface area contributed by atoms with E-state index in [1.165, 1.54) is 16.8 Å². The van der Waals surface area contributed by atoms with Crippen LogP contribution in [0.15, 0.2) is 48.5 Å². The molecular weight excluding hydrogens is 248 g/mol. The number of nitrogens with one attached hydrogen (secondary N) is 2. The maximum atomic E-state index is 12.2. The zero-order valence-electron chi connectivity index (χ0n) is 11.4. The molecule has 0 spiro atoms. The van der Waals surface area contributed by atoms with Gasteiger partial charge in [-0.15, -0.1) is 0 Å². The first-order valence-electron chi connectivity index (χ1n) is 6.97. The Kier molecular flexibility index (Phi) is 3.79. The number of benzene rings is 2. The Morgan fingerprint density at radius 1 is 1.15 bits per heavy atom. The molecule has 2 aromatic rings. The first kappa shape index (κ1) is 12.9. The highest BCUT2D eigenvalue weighted by atomic mass is 16.1. The summed E-state index contributed by atoms with van der Waals surface area (Å²) in [5.74, 6) is 0.149. The topological polar surface area (TPSA) is 41.1 Å². The van der Waals surface area contributed by atoms with Gasteiger partial charge < -0.3 is 10.6 Å². The standard InChI is InChI=1S/C17H18N2O/c20-17(12-18-11-13-4-2-1-3-5-13)15-6-7-16-14(10-15)8-9-19-16/h1-7,10,18-19H,8-9,11-12H2. The van der Waals surface area contributed by atoms with Crippen molar-refractivity contribution in [2.24, 2.45) is 0 Å². The molecule has 3 nitrogen and oxygen atoms in total. The highest BCUT2D eigenvalue weighted by Gasteiger charge is 2.13. The molecule has 0 aliphatic carbocycles. The van der Waals surface area contributed by atoms with E-state index >= 15 is 0 Å². The lowest BCUT2D eigenvalue weighted by molar-refractivity contribution is 0.0990. The maximum absolute atomic E-state index is 12.2. The lowest BCUT2D eigenvalue weighted by Crippen LogP contribution is -2.22. The number of fused-ring (bicyclic) bond motifs is 1. The number of carbonyl (C=O) groups is 1. The molecule has 0 unspecified atom stereocenters. The molecule has 1 heterocycles. The van der Waals surface area contributed by atoms with Crippen LogP contribution in [0.5, 0.6) is 0 Å². The van der Waals surface area contributed by atoms with Gasteiger partial charge in [0.2, 0.25) is 0 Å². The summed E-state index contributed by atoms with van der Waals surface area (Å²) in [6.45, 7) is 2.07. The molecule has 0 fully saturated rings. The van der Waals surface area contributed by atoms with Crippen LogP contribution in [0.1, 0.15) is 21.5 Å². The predicted molar refractivity (Wildman–Crippen MR) is 81.1 cm³/mol. The molecule has 1 aliphatic heterocycles. The number of anilines is 1. The van der Waals surface area contributed by atoms with Gasteiger partial charge in [-0.2, -0.15) is 0 Å². The molecule has 1 aliphatic rings. The fourth-order valence-corrected chi connectivity index (χ4v) is 2.50. The molecule has 0 atom stereocenters. The van der Waals surface area contributed by atoms with Gasteiger partial charge in [0.25, 0.3) is 0 Å². The van der Waals surface area contributed by atoms with E-state index in [0.717, 1.165) is 25.1 Å². The van der Waals surface area contributed by atoms with Crippen molar-refractivity contribution >= 4 is 11.5 Å². The number of hydrogen-bond acceptors (Lipinski definition) is 3. The van der Waals surface area contributed by atoms with E-state index < -0.39 is 0 Å². The minimum Gasteiger partial charge on any atom is -0.384 e. The Balaban J connectivity index is 1.57. The van der Waals surface area contributed by atoms with Crippen LogP contribution < -0.4 is 10.6 Å². The number of carbonyl (C=O) groups excluding carboxylic acids is 1. The van der Waals surface area contributed by atoms with Gasteiger partial charge in [0, 0.05) is 24.3 Å². The van der Waals surface area contributed by atoms with Gasteiger partial charge in [-0.1, -0.05) is 30.3 Å². The zero-order valence-corrected chi connectivity index (χ0v) is 11.4. The van der Waals surface area contributed by atoms with Crippen molar-refractivity contribution in [3.63, 3.8) is 0 Å². The smallest absolute Gasteiger partial charge is 0.176 e. The van der Waals surface area contributed by atoms with E-state index in [9.17, 15) is 4.79 Å². The Labute approximate surface area is 119 Å². The molecule has 3 heteroatoms. The average molecular weight is 266 g/mol. The first-order valence-corrected chi connectivity index (χ1v) is 6.97. The minimum atomic E-state index is 0.149. The van der Waals surface area contributed by atoms with Gasteiger partial charge in [0.15, 0.2) is 5.78 Å². The van der Waals surface area contributed by atoms with E-state index in [1.807, 2.05) is 36.4 Å². The van der Waals surface area contributed by atoms with Gasteiger partial charge >= 0.3 is 0 Å². The van der Waals surface area contributed by atoms with Crippen molar-refractivity contribution in [2.45, 2.75) is 13.0 Å². The van der Waals surface area contributed by atoms with E-state index in [-0.39, 0.29) is 5.78 Å². The Bertz CT molecular complexity index is 608. The van der Waals surface area contributed by atoms with Crippen molar-refractivity contribution in [1.29, 1.82) is 0 Å². The number of rotatable bonds is 5. The average Bonchev–Trinajstić information content (AvgIpc) is 2.95. The molecular formula is C17H18N2O. The summed E-state index contributed by atoms with van der Waals surface area (Å²) in [7, 11) is 0. The quantitative estimate of drug-likeness (QED) is 0.817. The lowest BCUT2D eigenvalue weighted by Gasteiger charge is -2.06. The summed E-state index contributed by atoms with van der Waals surface area (Å²) in [5.41, 5.74) is 4.41. The molecule has 0 amide bonds. The Hall–Kier alpha value is -2.13. The van der Waals surface area contributed by atoms with Crippen LogP contribution in [0.4, 0.5) is 5.69 Å². The normalized spacial score (nSPS) is 12.8. The molecule has 102 valence electrons. The fraction of sp³-hybridized carbons (Fsp3) is 0.235. The first-order chi connectivity index (χ1) is 9.83. The van der Waals surface area contributed by atoms with Crippen LogP contribution in [0.3, 0.4) is 0 Å². The third-order valence-corrected chi connectivity index (χ3v) is 3.59. The predicted octanol–water partition coefficient (Wildman–Crippen LogP) is 2.63. The van der Waals surface area contributed by atoms with Gasteiger partial charge in [-0.05, 0) is 35.7 Å². The van der Waals surface area contributed by atoms with Crippen LogP contribution in [-0.2, 0) is 13.0 Å². The second kappa shape index (κ2) is 5.88. The number of ketones is 1. The minimum absolute atomic E-state index is 0.149. The van der Waals surface area contributed by atoms with Crippen molar-refractivity contribution in [3.05, 3.63) is 65.2 Å². The van der Waals surface area contributed by atoms with Crippen molar-refractivity contribution in [1.82, 2.24) is 5.32 Å². The Morgan fingerprint density at radius 3 is 2.85 bits per heavy atom. The summed E-state index contributed by atoms with van der Waals surface area (Å²) >= 11 is 0. The number of Topliss-reactive ketones (excluding diaryl/α,β-unsaturated/α-hetero) is 1. The van der Waals surface area contributed by atoms with Crippen molar-refractivity contribution < 1.29 is 4.79 Å². The summed E-state index contributed by atoms with van der Waals surface area (Å²) in [6, 6.07) is 16.0. The molecule has 0 bridgehead atoms. The SMILES string of the molecule is O=C(CNCc1ccccc1)c1ccc2c(c1)CCN2. The zero-order chi connectivity index (χ0) is 13.8. The van der Waals surface area contributed by atoms with E-state index in [2.05, 4.69) is 22.8 Å². The highest BCUT2D eigenvalue weighted by molar-refractivity contribution is 5.98. The summed E-state index contributed by atoms with van der Waals surface area (Å²) in [6.07, 6.45) is 1.01. The Morgan fingerprint density at radius 2 is 2.00 bits per heavy atom. The molecule has 2 N–H and O–H groups in total. The number of hydrogen-bond donors (Lipinski definition) is 2. The molecule has 0 saturated carbocycles. The van der Waals surface area contributed by atoms with Gasteiger partial charge in [-0.3, -0.25) is 4.79 Å². The van der Waals surface area contributed by atoms with Crippen LogP contribution in [0.25, 0.3) is 0 Å².